The van der Waals surface area contributed by atoms with E-state index in [1.807, 2.05) is 55.6 Å². The summed E-state index contributed by atoms with van der Waals surface area (Å²) < 4.78 is 53.9. The summed E-state index contributed by atoms with van der Waals surface area (Å²) in [6.45, 7) is 3.23. The first-order valence-corrected chi connectivity index (χ1v) is 14.0. The summed E-state index contributed by atoms with van der Waals surface area (Å²) in [7, 11) is 0. The van der Waals surface area contributed by atoms with Crippen LogP contribution in [0.3, 0.4) is 0 Å². The van der Waals surface area contributed by atoms with Crippen molar-refractivity contribution >= 4 is 43.5 Å². The molecule has 213 valence electrons. The molecule has 0 aliphatic rings. The predicted molar refractivity (Wildman–Crippen MR) is 170 cm³/mol. The fourth-order valence-electron chi connectivity index (χ4n) is 4.44. The zero-order chi connectivity index (χ0) is 33.7. The number of aryl methyl sites for hydroxylation is 3. The molecule has 4 nitrogen and oxygen atoms in total. The first kappa shape index (κ1) is 22.8. The molecule has 0 atom stereocenters. The predicted octanol–water partition coefficient (Wildman–Crippen LogP) is 9.83. The van der Waals surface area contributed by atoms with Gasteiger partial charge < -0.3 is 14.4 Å². The van der Waals surface area contributed by atoms with Gasteiger partial charge in [-0.2, -0.15) is 0 Å². The van der Waals surface area contributed by atoms with Crippen molar-refractivity contribution in [2.75, 3.05) is 0 Å². The van der Waals surface area contributed by atoms with Gasteiger partial charge in [-0.25, -0.2) is 4.98 Å². The molecule has 4 aromatic heterocycles. The van der Waals surface area contributed by atoms with E-state index in [0.717, 1.165) is 43.5 Å². The van der Waals surface area contributed by atoms with Gasteiger partial charge in [0.25, 0.3) is 0 Å². The van der Waals surface area contributed by atoms with Crippen LogP contribution in [0.5, 0.6) is 0 Å². The molecule has 0 amide bonds. The Bertz CT molecular complexity index is 2220. The SMILES string of the molecule is Cc1ccc(-c2[c-]cccc2)nc1.[2H]C([2H])([2H])c1cnc(-c2[c-]ccc3c2oc2cc4nc(C(C)(C)C)sc4cc23)cc1C([2H])([2H])[2H].[Ir]. The third kappa shape index (κ3) is 5.93. The number of benzene rings is 3. The molecule has 0 saturated carbocycles. The molecule has 7 aromatic rings. The number of thiazole rings is 1. The zero-order valence-corrected chi connectivity index (χ0v) is 26.7. The van der Waals surface area contributed by atoms with E-state index in [1.165, 1.54) is 11.6 Å². The molecule has 0 aliphatic heterocycles. The second kappa shape index (κ2) is 11.9. The van der Waals surface area contributed by atoms with Crippen molar-refractivity contribution in [2.45, 2.75) is 46.8 Å². The molecule has 0 unspecified atom stereocenters. The fraction of sp³-hybridized carbons (Fsp3) is 0.194. The van der Waals surface area contributed by atoms with E-state index in [-0.39, 0.29) is 36.6 Å². The Morgan fingerprint density at radius 2 is 1.69 bits per heavy atom. The van der Waals surface area contributed by atoms with Crippen LogP contribution >= 0.6 is 11.3 Å². The number of pyridine rings is 2. The third-order valence-corrected chi connectivity index (χ3v) is 8.08. The molecular weight excluding hydrogens is 715 g/mol. The van der Waals surface area contributed by atoms with Crippen LogP contribution in [0.25, 0.3) is 54.7 Å². The molecule has 0 saturated heterocycles. The number of aromatic nitrogens is 3. The van der Waals surface area contributed by atoms with Crippen LogP contribution in [-0.4, -0.2) is 15.0 Å². The number of hydrogen-bond donors (Lipinski definition) is 0. The fourth-order valence-corrected chi connectivity index (χ4v) is 5.49. The molecule has 3 aromatic carbocycles. The Hall–Kier alpha value is -3.70. The smallest absolute Gasteiger partial charge is 0.123 e. The van der Waals surface area contributed by atoms with Gasteiger partial charge in [0.1, 0.15) is 5.58 Å². The van der Waals surface area contributed by atoms with Crippen molar-refractivity contribution in [3.63, 3.8) is 0 Å². The van der Waals surface area contributed by atoms with Crippen molar-refractivity contribution in [1.29, 1.82) is 0 Å². The molecule has 4 heterocycles. The summed E-state index contributed by atoms with van der Waals surface area (Å²) in [5.74, 6) is 0. The topological polar surface area (TPSA) is 51.8 Å². The summed E-state index contributed by atoms with van der Waals surface area (Å²) in [4.78, 5) is 13.4. The van der Waals surface area contributed by atoms with Crippen LogP contribution < -0.4 is 0 Å². The van der Waals surface area contributed by atoms with Crippen LogP contribution in [0.15, 0.2) is 83.5 Å². The van der Waals surface area contributed by atoms with E-state index in [9.17, 15) is 0 Å². The third-order valence-electron chi connectivity index (χ3n) is 6.64. The average molecular weight is 752 g/mol. The van der Waals surface area contributed by atoms with Gasteiger partial charge in [0.15, 0.2) is 0 Å². The van der Waals surface area contributed by atoms with Crippen molar-refractivity contribution in [1.82, 2.24) is 15.0 Å². The Balaban J connectivity index is 0.000000270. The Kier molecular flexibility index (Phi) is 6.46. The minimum absolute atomic E-state index is 0. The summed E-state index contributed by atoms with van der Waals surface area (Å²) >= 11 is 1.65. The van der Waals surface area contributed by atoms with E-state index >= 15 is 0 Å². The largest absolute Gasteiger partial charge is 0.501 e. The van der Waals surface area contributed by atoms with Gasteiger partial charge in [0, 0.05) is 57.6 Å². The van der Waals surface area contributed by atoms with E-state index in [4.69, 9.17) is 17.6 Å². The second-order valence-corrected chi connectivity index (χ2v) is 11.9. The molecule has 0 aliphatic carbocycles. The number of nitrogens with zero attached hydrogens (tertiary/aromatic N) is 3. The molecule has 6 heteroatoms. The normalized spacial score (nSPS) is 14.1. The van der Waals surface area contributed by atoms with Gasteiger partial charge in [-0.3, -0.25) is 0 Å². The quantitative estimate of drug-likeness (QED) is 0.165. The van der Waals surface area contributed by atoms with Gasteiger partial charge in [-0.15, -0.1) is 65.4 Å². The Morgan fingerprint density at radius 3 is 2.40 bits per heavy atom. The van der Waals surface area contributed by atoms with Gasteiger partial charge in [-0.05, 0) is 49.2 Å². The van der Waals surface area contributed by atoms with Crippen LogP contribution in [0.1, 0.15) is 50.7 Å². The van der Waals surface area contributed by atoms with Crippen LogP contribution in [0, 0.1) is 32.8 Å². The maximum absolute atomic E-state index is 7.85. The zero-order valence-electron chi connectivity index (χ0n) is 29.5. The van der Waals surface area contributed by atoms with Crippen molar-refractivity contribution < 1.29 is 32.7 Å². The van der Waals surface area contributed by atoms with Gasteiger partial charge in [0.2, 0.25) is 0 Å². The van der Waals surface area contributed by atoms with Gasteiger partial charge in [0.05, 0.1) is 20.8 Å². The molecule has 7 rings (SSSR count). The molecule has 0 bridgehead atoms. The van der Waals surface area contributed by atoms with Gasteiger partial charge in [-0.1, -0.05) is 55.5 Å². The Morgan fingerprint density at radius 1 is 0.857 bits per heavy atom. The molecule has 1 radical (unpaired) electrons. The second-order valence-electron chi connectivity index (χ2n) is 10.9. The summed E-state index contributed by atoms with van der Waals surface area (Å²) in [5.41, 5.74) is 5.41. The van der Waals surface area contributed by atoms with Crippen molar-refractivity contribution in [2.24, 2.45) is 0 Å². The van der Waals surface area contributed by atoms with Crippen molar-refractivity contribution in [3.05, 3.63) is 113 Å². The minimum Gasteiger partial charge on any atom is -0.501 e. The number of furan rings is 1. The molecule has 42 heavy (non-hydrogen) atoms. The summed E-state index contributed by atoms with van der Waals surface area (Å²) in [6, 6.07) is 27.1. The maximum atomic E-state index is 7.85. The van der Waals surface area contributed by atoms with Crippen molar-refractivity contribution in [3.8, 4) is 22.5 Å². The van der Waals surface area contributed by atoms with Crippen LogP contribution in [-0.2, 0) is 25.5 Å². The van der Waals surface area contributed by atoms with E-state index in [1.54, 1.807) is 17.4 Å². The molecular formula is C36H31IrN3OS-2. The Labute approximate surface area is 272 Å². The molecule has 0 fully saturated rings. The first-order chi connectivity index (χ1) is 22.1. The average Bonchev–Trinajstić information content (AvgIpc) is 3.61. The van der Waals surface area contributed by atoms with Gasteiger partial charge >= 0.3 is 0 Å². The summed E-state index contributed by atoms with van der Waals surface area (Å²) in [6.07, 6.45) is 2.99. The van der Waals surface area contributed by atoms with E-state index < -0.39 is 13.7 Å². The molecule has 0 N–H and O–H groups in total. The standard InChI is InChI=1S/C24H21N2OS.C12H10N.Ir/c1-13-9-18(25-12-14(13)2)16-8-6-7-15-17-10-21-19(11-20(17)27-22(15)16)26-23(28-21)24(3,4)5;1-10-7-8-12(13-9-10)11-5-3-2-4-6-11;/h6-7,9-12H,1-5H3;2-5,7-9H,1H3;/q2*-1;/i1D3,2D3;;. The minimum atomic E-state index is -2.61. The van der Waals surface area contributed by atoms with E-state index in [0.29, 0.717) is 22.4 Å². The van der Waals surface area contributed by atoms with Crippen LogP contribution in [0.4, 0.5) is 0 Å². The summed E-state index contributed by atoms with van der Waals surface area (Å²) in [5, 5.41) is 2.80. The number of hydrogen-bond acceptors (Lipinski definition) is 5. The van der Waals surface area contributed by atoms with E-state index in [2.05, 4.69) is 55.0 Å². The monoisotopic (exact) mass is 752 g/mol. The number of fused-ring (bicyclic) bond motifs is 4. The maximum Gasteiger partial charge on any atom is 0.123 e. The number of rotatable bonds is 2. The first-order valence-electron chi connectivity index (χ1n) is 16.2. The molecule has 0 spiro atoms. The van der Waals surface area contributed by atoms with Crippen LogP contribution in [0.2, 0.25) is 0 Å².